The lowest BCUT2D eigenvalue weighted by Gasteiger charge is -2.33. The van der Waals surface area contributed by atoms with E-state index in [1.165, 1.54) is 22.2 Å². The predicted octanol–water partition coefficient (Wildman–Crippen LogP) is 6.64. The molecule has 0 saturated carbocycles. The zero-order valence-electron chi connectivity index (χ0n) is 21.1. The van der Waals surface area contributed by atoms with Crippen molar-refractivity contribution in [2.75, 3.05) is 11.1 Å². The van der Waals surface area contributed by atoms with Crippen LogP contribution in [0.2, 0.25) is 0 Å². The number of para-hydroxylation sites is 1. The Kier molecular flexibility index (Phi) is 6.79. The Morgan fingerprint density at radius 2 is 1.86 bits per heavy atom. The van der Waals surface area contributed by atoms with Gasteiger partial charge >= 0.3 is 0 Å². The van der Waals surface area contributed by atoms with Gasteiger partial charge in [-0.2, -0.15) is 0 Å². The summed E-state index contributed by atoms with van der Waals surface area (Å²) in [4.78, 5) is 33.7. The summed E-state index contributed by atoms with van der Waals surface area (Å²) in [7, 11) is 0. The highest BCUT2D eigenvalue weighted by atomic mass is 32.2. The Morgan fingerprint density at radius 3 is 2.56 bits per heavy atom. The van der Waals surface area contributed by atoms with E-state index in [-0.39, 0.29) is 22.6 Å². The normalized spacial score (nSPS) is 15.6. The van der Waals surface area contributed by atoms with Crippen LogP contribution in [0.1, 0.15) is 43.2 Å². The van der Waals surface area contributed by atoms with E-state index in [2.05, 4.69) is 26.1 Å². The maximum absolute atomic E-state index is 14.0. The molecule has 1 aliphatic rings. The van der Waals surface area contributed by atoms with Crippen LogP contribution in [0.5, 0.6) is 0 Å². The third kappa shape index (κ3) is 5.00. The van der Waals surface area contributed by atoms with E-state index in [9.17, 15) is 9.59 Å². The van der Waals surface area contributed by atoms with Crippen LogP contribution in [-0.2, 0) is 17.6 Å². The lowest BCUT2D eigenvalue weighted by molar-refractivity contribution is -0.113. The van der Waals surface area contributed by atoms with Crippen molar-refractivity contribution in [3.63, 3.8) is 0 Å². The first-order valence-corrected chi connectivity index (χ1v) is 14.1. The lowest BCUT2D eigenvalue weighted by Crippen LogP contribution is -2.27. The number of carbonyl (C=O) groups is 1. The quantitative estimate of drug-likeness (QED) is 0.238. The second-order valence-corrected chi connectivity index (χ2v) is 12.6. The number of amides is 1. The summed E-state index contributed by atoms with van der Waals surface area (Å²) in [5, 5.41) is 4.21. The molecule has 5 rings (SSSR count). The molecule has 1 aliphatic carbocycles. The van der Waals surface area contributed by atoms with Crippen molar-refractivity contribution < 1.29 is 4.79 Å². The summed E-state index contributed by atoms with van der Waals surface area (Å²) in [6, 6.07) is 17.3. The van der Waals surface area contributed by atoms with E-state index >= 15 is 0 Å². The Morgan fingerprint density at radius 1 is 1.14 bits per heavy atom. The number of carbonyl (C=O) groups excluding carboxylic acids is 1. The van der Waals surface area contributed by atoms with E-state index in [1.54, 1.807) is 15.9 Å². The molecule has 0 radical (unpaired) electrons. The molecule has 1 atom stereocenters. The van der Waals surface area contributed by atoms with Crippen LogP contribution < -0.4 is 10.9 Å². The molecule has 1 amide bonds. The van der Waals surface area contributed by atoms with Crippen LogP contribution in [0.4, 0.5) is 5.69 Å². The summed E-state index contributed by atoms with van der Waals surface area (Å²) >= 11 is 2.95. The summed E-state index contributed by atoms with van der Waals surface area (Å²) in [5.74, 6) is 0.623. The van der Waals surface area contributed by atoms with Crippen LogP contribution in [0.25, 0.3) is 15.9 Å². The van der Waals surface area contributed by atoms with Crippen molar-refractivity contribution in [3.8, 4) is 5.69 Å². The van der Waals surface area contributed by atoms with E-state index in [0.717, 1.165) is 46.4 Å². The zero-order chi connectivity index (χ0) is 25.4. The molecule has 36 heavy (non-hydrogen) atoms. The molecule has 1 unspecified atom stereocenters. The number of nitrogens with one attached hydrogen (secondary N) is 1. The Hall–Kier alpha value is -2.90. The number of fused-ring (bicyclic) bond motifs is 3. The van der Waals surface area contributed by atoms with Gasteiger partial charge in [0.25, 0.3) is 5.56 Å². The monoisotopic (exact) mass is 517 g/mol. The average molecular weight is 518 g/mol. The molecule has 5 nitrogen and oxygen atoms in total. The first-order chi connectivity index (χ1) is 17.2. The minimum Gasteiger partial charge on any atom is -0.325 e. The van der Waals surface area contributed by atoms with Gasteiger partial charge in [-0.15, -0.1) is 11.3 Å². The van der Waals surface area contributed by atoms with Crippen molar-refractivity contribution in [1.82, 2.24) is 9.55 Å². The Labute approximate surface area is 220 Å². The van der Waals surface area contributed by atoms with Gasteiger partial charge in [0, 0.05) is 10.6 Å². The standard InChI is InChI=1S/C29H31N3O2S2/c1-18-10-13-21(14-11-18)32-27(34)25-22-15-12-19(29(2,3)4)16-23(22)36-26(25)31-28(32)35-17-24(33)30-20-8-6-5-7-9-20/h5-11,13-14,19H,12,15-17H2,1-4H3,(H,30,33). The fourth-order valence-electron chi connectivity index (χ4n) is 4.81. The molecule has 1 N–H and O–H groups in total. The summed E-state index contributed by atoms with van der Waals surface area (Å²) < 4.78 is 1.69. The topological polar surface area (TPSA) is 64.0 Å². The Balaban J connectivity index is 1.54. The smallest absolute Gasteiger partial charge is 0.267 e. The molecule has 2 heterocycles. The van der Waals surface area contributed by atoms with Crippen molar-refractivity contribution in [1.29, 1.82) is 0 Å². The molecule has 0 fully saturated rings. The van der Waals surface area contributed by atoms with Gasteiger partial charge in [-0.3, -0.25) is 14.2 Å². The molecule has 0 spiro atoms. The number of aryl methyl sites for hydroxylation is 2. The van der Waals surface area contributed by atoms with Gasteiger partial charge in [0.2, 0.25) is 5.91 Å². The molecular weight excluding hydrogens is 486 g/mol. The number of benzene rings is 2. The fourth-order valence-corrected chi connectivity index (χ4v) is 6.97. The second-order valence-electron chi connectivity index (χ2n) is 10.6. The molecule has 2 aromatic heterocycles. The van der Waals surface area contributed by atoms with E-state index in [1.807, 2.05) is 61.5 Å². The van der Waals surface area contributed by atoms with Crippen molar-refractivity contribution in [2.24, 2.45) is 11.3 Å². The van der Waals surface area contributed by atoms with Crippen LogP contribution in [0.3, 0.4) is 0 Å². The highest BCUT2D eigenvalue weighted by Crippen LogP contribution is 2.42. The van der Waals surface area contributed by atoms with E-state index in [0.29, 0.717) is 11.1 Å². The summed E-state index contributed by atoms with van der Waals surface area (Å²) in [6.45, 7) is 8.92. The molecule has 0 aliphatic heterocycles. The number of thiophene rings is 1. The van der Waals surface area contributed by atoms with Crippen LogP contribution in [0.15, 0.2) is 64.5 Å². The molecule has 186 valence electrons. The number of hydrogen-bond donors (Lipinski definition) is 1. The number of thioether (sulfide) groups is 1. The summed E-state index contributed by atoms with van der Waals surface area (Å²) in [5.41, 5.74) is 4.01. The van der Waals surface area contributed by atoms with Gasteiger partial charge in [-0.05, 0) is 67.3 Å². The van der Waals surface area contributed by atoms with Gasteiger partial charge < -0.3 is 5.32 Å². The van der Waals surface area contributed by atoms with Crippen LogP contribution in [0, 0.1) is 18.3 Å². The first-order valence-electron chi connectivity index (χ1n) is 12.3. The van der Waals surface area contributed by atoms with Gasteiger partial charge in [-0.1, -0.05) is 68.4 Å². The SMILES string of the molecule is Cc1ccc(-n2c(SCC(=O)Nc3ccccc3)nc3sc4c(c3c2=O)CCC(C(C)(C)C)C4)cc1. The van der Waals surface area contributed by atoms with Gasteiger partial charge in [0.1, 0.15) is 4.83 Å². The zero-order valence-corrected chi connectivity index (χ0v) is 22.8. The predicted molar refractivity (Wildman–Crippen MR) is 151 cm³/mol. The molecule has 0 saturated heterocycles. The molecule has 4 aromatic rings. The van der Waals surface area contributed by atoms with E-state index in [4.69, 9.17) is 4.98 Å². The molecular formula is C29H31N3O2S2. The maximum atomic E-state index is 14.0. The molecule has 2 aromatic carbocycles. The number of aromatic nitrogens is 2. The lowest BCUT2D eigenvalue weighted by atomic mass is 9.72. The van der Waals surface area contributed by atoms with Crippen LogP contribution >= 0.6 is 23.1 Å². The van der Waals surface area contributed by atoms with Gasteiger partial charge in [0.15, 0.2) is 5.16 Å². The van der Waals surface area contributed by atoms with Gasteiger partial charge in [0.05, 0.1) is 16.8 Å². The molecule has 0 bridgehead atoms. The highest BCUT2D eigenvalue weighted by Gasteiger charge is 2.32. The second kappa shape index (κ2) is 9.87. The minimum atomic E-state index is -0.130. The highest BCUT2D eigenvalue weighted by molar-refractivity contribution is 7.99. The van der Waals surface area contributed by atoms with E-state index < -0.39 is 0 Å². The number of rotatable bonds is 5. The number of hydrogen-bond acceptors (Lipinski definition) is 5. The molecule has 7 heteroatoms. The van der Waals surface area contributed by atoms with Crippen molar-refractivity contribution in [2.45, 2.75) is 52.1 Å². The third-order valence-corrected chi connectivity index (χ3v) is 9.05. The number of nitrogens with zero attached hydrogens (tertiary/aromatic N) is 2. The van der Waals surface area contributed by atoms with Crippen molar-refractivity contribution in [3.05, 3.63) is 81.0 Å². The van der Waals surface area contributed by atoms with Crippen molar-refractivity contribution >= 4 is 44.9 Å². The minimum absolute atomic E-state index is 0.0403. The largest absolute Gasteiger partial charge is 0.325 e. The average Bonchev–Trinajstić information content (AvgIpc) is 3.21. The maximum Gasteiger partial charge on any atom is 0.267 e. The number of anilines is 1. The fraction of sp³-hybridized carbons (Fsp3) is 0.345. The Bertz CT molecular complexity index is 1470. The first kappa shape index (κ1) is 24.8. The van der Waals surface area contributed by atoms with Gasteiger partial charge in [-0.25, -0.2) is 4.98 Å². The summed E-state index contributed by atoms with van der Waals surface area (Å²) in [6.07, 6.45) is 2.99. The van der Waals surface area contributed by atoms with Crippen LogP contribution in [-0.4, -0.2) is 21.2 Å². The third-order valence-electron chi connectivity index (χ3n) is 6.96.